The molecule has 0 unspecified atom stereocenters. The third-order valence-electron chi connectivity index (χ3n) is 2.52. The molecule has 1 aromatic heterocycles. The Morgan fingerprint density at radius 3 is 2.71 bits per heavy atom. The zero-order valence-corrected chi connectivity index (χ0v) is 8.03. The lowest BCUT2D eigenvalue weighted by Gasteiger charge is -2.12. The van der Waals surface area contributed by atoms with Crippen LogP contribution < -0.4 is 0 Å². The molecule has 1 aliphatic rings. The highest BCUT2D eigenvalue weighted by Gasteiger charge is 2.28. The van der Waals surface area contributed by atoms with Gasteiger partial charge in [0, 0.05) is 6.20 Å². The minimum absolute atomic E-state index is 0.729. The Bertz CT molecular complexity index is 355. The summed E-state index contributed by atoms with van der Waals surface area (Å²) in [6, 6.07) is 5.61. The van der Waals surface area contributed by atoms with Crippen molar-refractivity contribution >= 4 is 0 Å². The molecule has 1 heterocycles. The van der Waals surface area contributed by atoms with Gasteiger partial charge in [-0.15, -0.1) is 0 Å². The smallest absolute Gasteiger partial charge is 0.125 e. The van der Waals surface area contributed by atoms with Crippen molar-refractivity contribution in [2.75, 3.05) is 0 Å². The third kappa shape index (κ3) is 2.12. The molecule has 1 N–H and O–H groups in total. The van der Waals surface area contributed by atoms with Crippen LogP contribution in [0.25, 0.3) is 0 Å². The maximum absolute atomic E-state index is 9.95. The minimum atomic E-state index is -0.752. The van der Waals surface area contributed by atoms with E-state index >= 15 is 0 Å². The van der Waals surface area contributed by atoms with Gasteiger partial charge in [0.15, 0.2) is 0 Å². The second-order valence-electron chi connectivity index (χ2n) is 3.70. The summed E-state index contributed by atoms with van der Waals surface area (Å²) in [4.78, 5) is 4.09. The first-order chi connectivity index (χ1) is 6.79. The van der Waals surface area contributed by atoms with Crippen molar-refractivity contribution < 1.29 is 5.11 Å². The van der Waals surface area contributed by atoms with Gasteiger partial charge in [0.25, 0.3) is 0 Å². The normalized spacial score (nSPS) is 18.6. The van der Waals surface area contributed by atoms with E-state index in [9.17, 15) is 5.11 Å². The summed E-state index contributed by atoms with van der Waals surface area (Å²) in [5, 5.41) is 9.95. The average molecular weight is 187 g/mol. The van der Waals surface area contributed by atoms with Crippen LogP contribution in [0.4, 0.5) is 0 Å². The number of pyridine rings is 1. The van der Waals surface area contributed by atoms with Crippen LogP contribution in [0.15, 0.2) is 24.4 Å². The van der Waals surface area contributed by atoms with E-state index in [0.717, 1.165) is 31.4 Å². The van der Waals surface area contributed by atoms with Gasteiger partial charge in [-0.3, -0.25) is 0 Å². The van der Waals surface area contributed by atoms with Crippen LogP contribution in [0, 0.1) is 11.8 Å². The van der Waals surface area contributed by atoms with Crippen LogP contribution in [-0.4, -0.2) is 15.7 Å². The van der Waals surface area contributed by atoms with E-state index in [1.807, 2.05) is 18.2 Å². The zero-order valence-electron chi connectivity index (χ0n) is 8.03. The Balaban J connectivity index is 2.14. The van der Waals surface area contributed by atoms with Gasteiger partial charge < -0.3 is 5.11 Å². The SMILES string of the molecule is OC1(C#Cc2ccccn2)CCCC1. The van der Waals surface area contributed by atoms with E-state index in [1.165, 1.54) is 0 Å². The molecule has 2 rings (SSSR count). The molecule has 2 nitrogen and oxygen atoms in total. The summed E-state index contributed by atoms with van der Waals surface area (Å²) in [5.74, 6) is 5.83. The molecule has 72 valence electrons. The predicted octanol–water partition coefficient (Wildman–Crippen LogP) is 1.74. The summed E-state index contributed by atoms with van der Waals surface area (Å²) in [7, 11) is 0. The summed E-state index contributed by atoms with van der Waals surface area (Å²) < 4.78 is 0. The van der Waals surface area contributed by atoms with E-state index in [2.05, 4.69) is 16.8 Å². The number of nitrogens with zero attached hydrogens (tertiary/aromatic N) is 1. The van der Waals surface area contributed by atoms with Gasteiger partial charge in [-0.05, 0) is 43.7 Å². The van der Waals surface area contributed by atoms with E-state index in [0.29, 0.717) is 0 Å². The molecule has 0 aromatic carbocycles. The van der Waals surface area contributed by atoms with Crippen molar-refractivity contribution in [1.29, 1.82) is 0 Å². The molecule has 0 atom stereocenters. The largest absolute Gasteiger partial charge is 0.378 e. The Labute approximate surface area is 84.0 Å². The van der Waals surface area contributed by atoms with Crippen LogP contribution in [0.5, 0.6) is 0 Å². The summed E-state index contributed by atoms with van der Waals surface area (Å²) >= 11 is 0. The van der Waals surface area contributed by atoms with Crippen LogP contribution in [0.3, 0.4) is 0 Å². The summed E-state index contributed by atoms with van der Waals surface area (Å²) in [5.41, 5.74) is -0.0230. The molecule has 0 saturated heterocycles. The monoisotopic (exact) mass is 187 g/mol. The molecule has 1 aromatic rings. The van der Waals surface area contributed by atoms with E-state index < -0.39 is 5.60 Å². The van der Waals surface area contributed by atoms with Gasteiger partial charge in [0.05, 0.1) is 0 Å². The van der Waals surface area contributed by atoms with E-state index in [-0.39, 0.29) is 0 Å². The van der Waals surface area contributed by atoms with Crippen LogP contribution in [0.2, 0.25) is 0 Å². The second kappa shape index (κ2) is 3.81. The highest BCUT2D eigenvalue weighted by Crippen LogP contribution is 2.28. The van der Waals surface area contributed by atoms with Gasteiger partial charge >= 0.3 is 0 Å². The fourth-order valence-corrected chi connectivity index (χ4v) is 1.70. The molecule has 0 bridgehead atoms. The lowest BCUT2D eigenvalue weighted by atomic mass is 10.0. The van der Waals surface area contributed by atoms with Crippen molar-refractivity contribution in [2.24, 2.45) is 0 Å². The molecule has 1 fully saturated rings. The molecule has 1 aliphatic carbocycles. The summed E-state index contributed by atoms with van der Waals surface area (Å²) in [6.07, 6.45) is 5.46. The Morgan fingerprint density at radius 1 is 1.29 bits per heavy atom. The fourth-order valence-electron chi connectivity index (χ4n) is 1.70. The number of aromatic nitrogens is 1. The van der Waals surface area contributed by atoms with Gasteiger partial charge in [-0.2, -0.15) is 0 Å². The Kier molecular flexibility index (Phi) is 2.51. The Morgan fingerprint density at radius 2 is 2.07 bits per heavy atom. The minimum Gasteiger partial charge on any atom is -0.378 e. The molecule has 1 saturated carbocycles. The van der Waals surface area contributed by atoms with Gasteiger partial charge in [-0.25, -0.2) is 4.98 Å². The standard InChI is InChI=1S/C12H13NO/c14-12(7-2-3-8-12)9-6-11-5-1-4-10-13-11/h1,4-5,10,14H,2-3,7-8H2. The Hall–Kier alpha value is -1.33. The number of aliphatic hydroxyl groups is 1. The topological polar surface area (TPSA) is 33.1 Å². The average Bonchev–Trinajstić information content (AvgIpc) is 2.65. The highest BCUT2D eigenvalue weighted by atomic mass is 16.3. The van der Waals surface area contributed by atoms with Crippen LogP contribution in [0.1, 0.15) is 31.4 Å². The number of hydrogen-bond acceptors (Lipinski definition) is 2. The van der Waals surface area contributed by atoms with Crippen molar-refractivity contribution in [2.45, 2.75) is 31.3 Å². The first-order valence-corrected chi connectivity index (χ1v) is 4.95. The first-order valence-electron chi connectivity index (χ1n) is 4.95. The first kappa shape index (κ1) is 9.23. The molecule has 0 radical (unpaired) electrons. The second-order valence-corrected chi connectivity index (χ2v) is 3.70. The zero-order chi connectivity index (χ0) is 9.86. The van der Waals surface area contributed by atoms with Crippen molar-refractivity contribution in [1.82, 2.24) is 4.98 Å². The molecular weight excluding hydrogens is 174 g/mol. The lowest BCUT2D eigenvalue weighted by Crippen LogP contribution is -2.20. The van der Waals surface area contributed by atoms with Crippen LogP contribution in [-0.2, 0) is 0 Å². The number of hydrogen-bond donors (Lipinski definition) is 1. The predicted molar refractivity (Wildman–Crippen MR) is 54.5 cm³/mol. The fraction of sp³-hybridized carbons (Fsp3) is 0.417. The quantitative estimate of drug-likeness (QED) is 0.627. The van der Waals surface area contributed by atoms with Crippen molar-refractivity contribution in [3.63, 3.8) is 0 Å². The maximum Gasteiger partial charge on any atom is 0.125 e. The van der Waals surface area contributed by atoms with E-state index in [4.69, 9.17) is 0 Å². The lowest BCUT2D eigenvalue weighted by molar-refractivity contribution is 0.110. The third-order valence-corrected chi connectivity index (χ3v) is 2.52. The molecule has 2 heteroatoms. The van der Waals surface area contributed by atoms with Gasteiger partial charge in [-0.1, -0.05) is 12.0 Å². The van der Waals surface area contributed by atoms with Crippen molar-refractivity contribution in [3.8, 4) is 11.8 Å². The molecule has 0 amide bonds. The molecule has 14 heavy (non-hydrogen) atoms. The molecule has 0 aliphatic heterocycles. The maximum atomic E-state index is 9.95. The molecular formula is C12H13NO. The van der Waals surface area contributed by atoms with Crippen LogP contribution >= 0.6 is 0 Å². The highest BCUT2D eigenvalue weighted by molar-refractivity contribution is 5.30. The molecule has 0 spiro atoms. The van der Waals surface area contributed by atoms with Gasteiger partial charge in [0.1, 0.15) is 11.3 Å². The number of rotatable bonds is 0. The van der Waals surface area contributed by atoms with Gasteiger partial charge in [0.2, 0.25) is 0 Å². The summed E-state index contributed by atoms with van der Waals surface area (Å²) in [6.45, 7) is 0. The van der Waals surface area contributed by atoms with E-state index in [1.54, 1.807) is 6.20 Å². The van der Waals surface area contributed by atoms with Crippen molar-refractivity contribution in [3.05, 3.63) is 30.1 Å².